The number of rotatable bonds is 6. The van der Waals surface area contributed by atoms with Crippen molar-refractivity contribution >= 4 is 33.8 Å². The molecule has 1 saturated heterocycles. The summed E-state index contributed by atoms with van der Waals surface area (Å²) in [7, 11) is 0. The van der Waals surface area contributed by atoms with Crippen LogP contribution in [0.5, 0.6) is 5.75 Å². The molecule has 0 amide bonds. The summed E-state index contributed by atoms with van der Waals surface area (Å²) in [6, 6.07) is 17.0. The fourth-order valence-electron chi connectivity index (χ4n) is 4.42. The molecule has 7 nitrogen and oxygen atoms in total. The Labute approximate surface area is 204 Å². The van der Waals surface area contributed by atoms with Crippen molar-refractivity contribution in [3.63, 3.8) is 0 Å². The predicted octanol–water partition coefficient (Wildman–Crippen LogP) is 5.78. The number of hydrogen-bond acceptors (Lipinski definition) is 6. The van der Waals surface area contributed by atoms with Gasteiger partial charge in [-0.15, -0.1) is 13.2 Å². The van der Waals surface area contributed by atoms with Crippen LogP contribution in [-0.2, 0) is 0 Å². The molecule has 1 fully saturated rings. The first-order chi connectivity index (χ1) is 17.3. The number of aromatic amines is 1. The van der Waals surface area contributed by atoms with Crippen molar-refractivity contribution in [2.24, 2.45) is 0 Å². The molecule has 4 N–H and O–H groups in total. The Kier molecular flexibility index (Phi) is 6.51. The zero-order chi connectivity index (χ0) is 25.1. The number of alkyl halides is 3. The fourth-order valence-corrected chi connectivity index (χ4v) is 4.42. The lowest BCUT2D eigenvalue weighted by Gasteiger charge is -2.23. The van der Waals surface area contributed by atoms with E-state index in [-0.39, 0.29) is 11.3 Å². The van der Waals surface area contributed by atoms with Gasteiger partial charge >= 0.3 is 6.36 Å². The van der Waals surface area contributed by atoms with Gasteiger partial charge < -0.3 is 25.7 Å². The van der Waals surface area contributed by atoms with E-state index in [0.29, 0.717) is 34.0 Å². The van der Waals surface area contributed by atoms with Crippen molar-refractivity contribution in [1.29, 1.82) is 0 Å². The van der Waals surface area contributed by atoms with Gasteiger partial charge in [0.2, 0.25) is 0 Å². The first kappa shape index (κ1) is 23.7. The van der Waals surface area contributed by atoms with Gasteiger partial charge in [-0.05, 0) is 79.2 Å². The van der Waals surface area contributed by atoms with Crippen molar-refractivity contribution in [2.45, 2.75) is 25.1 Å². The Morgan fingerprint density at radius 3 is 2.47 bits per heavy atom. The summed E-state index contributed by atoms with van der Waals surface area (Å²) in [4.78, 5) is 19.8. The smallest absolute Gasteiger partial charge is 0.406 e. The highest BCUT2D eigenvalue weighted by molar-refractivity contribution is 5.94. The molecule has 0 spiro atoms. The van der Waals surface area contributed by atoms with Crippen LogP contribution in [0.25, 0.3) is 10.8 Å². The van der Waals surface area contributed by atoms with Gasteiger partial charge in [0.25, 0.3) is 5.56 Å². The molecule has 0 atom stereocenters. The van der Waals surface area contributed by atoms with E-state index in [4.69, 9.17) is 0 Å². The Hall–Kier alpha value is -4.05. The molecular formula is C26H24F3N5O2. The largest absolute Gasteiger partial charge is 0.573 e. The SMILES string of the molecule is O=c1[nH]ccc2cc(Nc3cccc(OC(F)(F)F)c3)nc(Nc3ccc(C4CCNCC4)cc3)c12. The lowest BCUT2D eigenvalue weighted by Crippen LogP contribution is -2.26. The lowest BCUT2D eigenvalue weighted by molar-refractivity contribution is -0.274. The van der Waals surface area contributed by atoms with Crippen LogP contribution in [0.15, 0.2) is 71.7 Å². The lowest BCUT2D eigenvalue weighted by atomic mass is 9.90. The molecule has 1 aliphatic rings. The van der Waals surface area contributed by atoms with Gasteiger partial charge in [-0.1, -0.05) is 18.2 Å². The number of hydrogen-bond donors (Lipinski definition) is 4. The van der Waals surface area contributed by atoms with Gasteiger partial charge in [0.15, 0.2) is 0 Å². The second-order valence-corrected chi connectivity index (χ2v) is 8.60. The number of halogens is 3. The maximum Gasteiger partial charge on any atom is 0.573 e. The molecule has 186 valence electrons. The molecule has 3 heterocycles. The quantitative estimate of drug-likeness (QED) is 0.271. The highest BCUT2D eigenvalue weighted by atomic mass is 19.4. The molecule has 4 aromatic rings. The summed E-state index contributed by atoms with van der Waals surface area (Å²) in [6.07, 6.45) is -1.07. The fraction of sp³-hybridized carbons (Fsp3) is 0.231. The first-order valence-electron chi connectivity index (χ1n) is 11.6. The Morgan fingerprint density at radius 2 is 1.72 bits per heavy atom. The van der Waals surface area contributed by atoms with E-state index in [1.807, 2.05) is 12.1 Å². The number of benzene rings is 2. The van der Waals surface area contributed by atoms with Gasteiger partial charge in [0.05, 0.1) is 5.39 Å². The summed E-state index contributed by atoms with van der Waals surface area (Å²) in [5, 5.41) is 10.6. The number of nitrogens with one attached hydrogen (secondary N) is 4. The van der Waals surface area contributed by atoms with Gasteiger partial charge in [-0.25, -0.2) is 4.98 Å². The molecule has 1 aliphatic heterocycles. The third-order valence-corrected chi connectivity index (χ3v) is 6.08. The predicted molar refractivity (Wildman–Crippen MR) is 133 cm³/mol. The van der Waals surface area contributed by atoms with Crippen LogP contribution in [0.2, 0.25) is 0 Å². The van der Waals surface area contributed by atoms with Crippen LogP contribution in [0.3, 0.4) is 0 Å². The maximum absolute atomic E-state index is 12.6. The van der Waals surface area contributed by atoms with Gasteiger partial charge in [-0.2, -0.15) is 0 Å². The maximum atomic E-state index is 12.6. The minimum absolute atomic E-state index is 0.305. The van der Waals surface area contributed by atoms with E-state index in [2.05, 4.69) is 42.8 Å². The van der Waals surface area contributed by atoms with E-state index in [9.17, 15) is 18.0 Å². The van der Waals surface area contributed by atoms with Gasteiger partial charge in [0.1, 0.15) is 17.4 Å². The van der Waals surface area contributed by atoms with Crippen LogP contribution in [0.4, 0.5) is 36.2 Å². The standard InChI is InChI=1S/C26H24F3N5O2/c27-26(28,29)36-21-3-1-2-20(15-21)32-22-14-18-10-13-31-25(35)23(18)24(34-22)33-19-6-4-16(5-7-19)17-8-11-30-12-9-17/h1-7,10,13-15,17,30H,8-9,11-12H2,(H,31,35)(H2,32,33,34). The summed E-state index contributed by atoms with van der Waals surface area (Å²) in [5.74, 6) is 0.851. The number of anilines is 4. The number of H-pyrrole nitrogens is 1. The van der Waals surface area contributed by atoms with Crippen molar-refractivity contribution in [1.82, 2.24) is 15.3 Å². The zero-order valence-corrected chi connectivity index (χ0v) is 19.2. The average Bonchev–Trinajstić information content (AvgIpc) is 2.84. The van der Waals surface area contributed by atoms with Crippen molar-refractivity contribution in [3.05, 3.63) is 82.8 Å². The van der Waals surface area contributed by atoms with Crippen LogP contribution in [-0.4, -0.2) is 29.4 Å². The van der Waals surface area contributed by atoms with E-state index in [0.717, 1.165) is 31.6 Å². The molecule has 0 unspecified atom stereocenters. The summed E-state index contributed by atoms with van der Waals surface area (Å²) in [5.41, 5.74) is 2.09. The number of piperidine rings is 1. The molecule has 5 rings (SSSR count). The third-order valence-electron chi connectivity index (χ3n) is 6.08. The van der Waals surface area contributed by atoms with Crippen molar-refractivity contribution in [3.8, 4) is 5.75 Å². The molecule has 0 radical (unpaired) electrons. The van der Waals surface area contributed by atoms with Crippen LogP contribution >= 0.6 is 0 Å². The summed E-state index contributed by atoms with van der Waals surface area (Å²) < 4.78 is 41.8. The first-order valence-corrected chi connectivity index (χ1v) is 11.6. The molecule has 2 aromatic heterocycles. The van der Waals surface area contributed by atoms with Gasteiger partial charge in [-0.3, -0.25) is 4.79 Å². The minimum atomic E-state index is -4.79. The Bertz CT molecular complexity index is 1410. The molecule has 0 aliphatic carbocycles. The molecule has 10 heteroatoms. The Morgan fingerprint density at radius 1 is 0.944 bits per heavy atom. The number of aromatic nitrogens is 2. The van der Waals surface area contributed by atoms with Gasteiger partial charge in [0, 0.05) is 23.6 Å². The van der Waals surface area contributed by atoms with E-state index in [1.54, 1.807) is 18.2 Å². The monoisotopic (exact) mass is 495 g/mol. The topological polar surface area (TPSA) is 91.1 Å². The number of ether oxygens (including phenoxy) is 1. The average molecular weight is 496 g/mol. The number of pyridine rings is 2. The minimum Gasteiger partial charge on any atom is -0.406 e. The molecule has 0 saturated carbocycles. The molecule has 36 heavy (non-hydrogen) atoms. The van der Waals surface area contributed by atoms with Crippen LogP contribution in [0, 0.1) is 0 Å². The third kappa shape index (κ3) is 5.60. The summed E-state index contributed by atoms with van der Waals surface area (Å²) >= 11 is 0. The summed E-state index contributed by atoms with van der Waals surface area (Å²) in [6.45, 7) is 2.02. The van der Waals surface area contributed by atoms with E-state index >= 15 is 0 Å². The van der Waals surface area contributed by atoms with Crippen molar-refractivity contribution < 1.29 is 17.9 Å². The highest BCUT2D eigenvalue weighted by Crippen LogP contribution is 2.31. The number of nitrogens with zero attached hydrogens (tertiary/aromatic N) is 1. The molecule has 2 aromatic carbocycles. The van der Waals surface area contributed by atoms with E-state index in [1.165, 1.54) is 30.0 Å². The second-order valence-electron chi connectivity index (χ2n) is 8.60. The molecule has 0 bridgehead atoms. The van der Waals surface area contributed by atoms with Crippen LogP contribution < -0.4 is 26.2 Å². The highest BCUT2D eigenvalue weighted by Gasteiger charge is 2.31. The number of fused-ring (bicyclic) bond motifs is 1. The second kappa shape index (κ2) is 9.90. The Balaban J connectivity index is 1.43. The van der Waals surface area contributed by atoms with Crippen molar-refractivity contribution in [2.75, 3.05) is 23.7 Å². The normalized spacial score (nSPS) is 14.5. The zero-order valence-electron chi connectivity index (χ0n) is 19.2. The molecular weight excluding hydrogens is 471 g/mol. The van der Waals surface area contributed by atoms with Crippen LogP contribution in [0.1, 0.15) is 24.3 Å². The van der Waals surface area contributed by atoms with E-state index < -0.39 is 6.36 Å².